The van der Waals surface area contributed by atoms with Gasteiger partial charge in [0.15, 0.2) is 0 Å². The quantitative estimate of drug-likeness (QED) is 0.758. The van der Waals surface area contributed by atoms with E-state index in [1.54, 1.807) is 6.07 Å². The molecular weight excluding hydrogens is 241 g/mol. The first kappa shape index (κ1) is 14.3. The highest BCUT2D eigenvalue weighted by Gasteiger charge is 2.38. The van der Waals surface area contributed by atoms with Gasteiger partial charge in [0.1, 0.15) is 17.2 Å². The molecule has 0 spiro atoms. The Labute approximate surface area is 115 Å². The third-order valence-corrected chi connectivity index (χ3v) is 3.71. The van der Waals surface area contributed by atoms with Gasteiger partial charge in [0, 0.05) is 6.07 Å². The summed E-state index contributed by atoms with van der Waals surface area (Å²) in [4.78, 5) is 0. The van der Waals surface area contributed by atoms with Crippen LogP contribution in [0.3, 0.4) is 0 Å². The van der Waals surface area contributed by atoms with Crippen LogP contribution < -0.4 is 10.1 Å². The number of nitrogens with one attached hydrogen (secondary N) is 1. The lowest BCUT2D eigenvalue weighted by molar-refractivity contribution is -0.0145. The topological polar surface area (TPSA) is 21.3 Å². The van der Waals surface area contributed by atoms with Crippen LogP contribution in [0.5, 0.6) is 5.75 Å². The predicted octanol–water partition coefficient (Wildman–Crippen LogP) is 3.76. The van der Waals surface area contributed by atoms with Crippen molar-refractivity contribution in [3.05, 3.63) is 30.1 Å². The lowest BCUT2D eigenvalue weighted by Gasteiger charge is -2.42. The van der Waals surface area contributed by atoms with Gasteiger partial charge < -0.3 is 10.1 Å². The van der Waals surface area contributed by atoms with E-state index >= 15 is 0 Å². The number of ether oxygens (including phenoxy) is 1. The number of halogens is 1. The Morgan fingerprint density at radius 1 is 1.37 bits per heavy atom. The van der Waals surface area contributed by atoms with E-state index in [1.165, 1.54) is 18.6 Å². The molecule has 0 radical (unpaired) electrons. The normalized spacial score (nSPS) is 17.3. The third kappa shape index (κ3) is 4.20. The second-order valence-electron chi connectivity index (χ2n) is 5.94. The van der Waals surface area contributed by atoms with E-state index in [9.17, 15) is 4.39 Å². The fraction of sp³-hybridized carbons (Fsp3) is 0.625. The van der Waals surface area contributed by atoms with Gasteiger partial charge in [-0.2, -0.15) is 0 Å². The molecule has 0 atom stereocenters. The molecule has 1 aromatic carbocycles. The van der Waals surface area contributed by atoms with E-state index in [-0.39, 0.29) is 11.4 Å². The minimum Gasteiger partial charge on any atom is -0.487 e. The highest BCUT2D eigenvalue weighted by atomic mass is 19.1. The molecule has 1 saturated carbocycles. The Balaban J connectivity index is 1.84. The first-order valence-electron chi connectivity index (χ1n) is 7.25. The molecule has 0 bridgehead atoms. The highest BCUT2D eigenvalue weighted by Crippen LogP contribution is 2.39. The highest BCUT2D eigenvalue weighted by molar-refractivity contribution is 5.23. The Bertz CT molecular complexity index is 401. The van der Waals surface area contributed by atoms with E-state index in [1.807, 2.05) is 6.07 Å². The standard InChI is InChI=1S/C16H24FNO/c1-13(2)12-18-10-9-16(7-4-8-16)19-15-6-3-5-14(17)11-15/h3,5-6,11,13,18H,4,7-10,12H2,1-2H3. The van der Waals surface area contributed by atoms with Crippen LogP contribution in [-0.4, -0.2) is 18.7 Å². The molecule has 0 amide bonds. The molecule has 2 rings (SSSR count). The van der Waals surface area contributed by atoms with Crippen LogP contribution in [0, 0.1) is 11.7 Å². The molecule has 3 heteroatoms. The summed E-state index contributed by atoms with van der Waals surface area (Å²) < 4.78 is 19.2. The minimum atomic E-state index is -0.232. The van der Waals surface area contributed by atoms with E-state index in [0.29, 0.717) is 11.7 Å². The molecule has 1 aliphatic carbocycles. The zero-order valence-electron chi connectivity index (χ0n) is 11.9. The summed E-state index contributed by atoms with van der Waals surface area (Å²) >= 11 is 0. The minimum absolute atomic E-state index is 0.0717. The first-order chi connectivity index (χ1) is 9.10. The summed E-state index contributed by atoms with van der Waals surface area (Å²) in [5.74, 6) is 1.09. The van der Waals surface area contributed by atoms with Crippen LogP contribution in [0.15, 0.2) is 24.3 Å². The van der Waals surface area contributed by atoms with Crippen molar-refractivity contribution in [1.82, 2.24) is 5.32 Å². The molecule has 1 aromatic rings. The SMILES string of the molecule is CC(C)CNCCC1(Oc2cccc(F)c2)CCC1. The lowest BCUT2D eigenvalue weighted by atomic mass is 9.77. The molecule has 106 valence electrons. The summed E-state index contributed by atoms with van der Waals surface area (Å²) in [6.07, 6.45) is 4.36. The van der Waals surface area contributed by atoms with Gasteiger partial charge in [-0.25, -0.2) is 4.39 Å². The van der Waals surface area contributed by atoms with Crippen molar-refractivity contribution in [3.8, 4) is 5.75 Å². The second-order valence-corrected chi connectivity index (χ2v) is 5.94. The van der Waals surface area contributed by atoms with E-state index < -0.39 is 0 Å². The second kappa shape index (κ2) is 6.38. The van der Waals surface area contributed by atoms with Crippen LogP contribution in [0.1, 0.15) is 39.5 Å². The maximum Gasteiger partial charge on any atom is 0.126 e. The van der Waals surface area contributed by atoms with Gasteiger partial charge in [0.2, 0.25) is 0 Å². The number of rotatable bonds is 7. The Kier molecular flexibility index (Phi) is 4.81. The van der Waals surface area contributed by atoms with E-state index in [0.717, 1.165) is 32.4 Å². The van der Waals surface area contributed by atoms with Gasteiger partial charge in [-0.1, -0.05) is 19.9 Å². The summed E-state index contributed by atoms with van der Waals surface area (Å²) in [6, 6.07) is 6.46. The van der Waals surface area contributed by atoms with Crippen molar-refractivity contribution < 1.29 is 9.13 Å². The van der Waals surface area contributed by atoms with Crippen molar-refractivity contribution in [2.24, 2.45) is 5.92 Å². The summed E-state index contributed by atoms with van der Waals surface area (Å²) in [7, 11) is 0. The van der Waals surface area contributed by atoms with Crippen LogP contribution in [0.2, 0.25) is 0 Å². The van der Waals surface area contributed by atoms with E-state index in [4.69, 9.17) is 4.74 Å². The number of hydrogen-bond acceptors (Lipinski definition) is 2. The smallest absolute Gasteiger partial charge is 0.126 e. The molecule has 0 unspecified atom stereocenters. The van der Waals surface area contributed by atoms with Crippen molar-refractivity contribution in [1.29, 1.82) is 0 Å². The van der Waals surface area contributed by atoms with Gasteiger partial charge in [-0.3, -0.25) is 0 Å². The van der Waals surface area contributed by atoms with Gasteiger partial charge in [-0.05, 0) is 56.8 Å². The molecule has 0 saturated heterocycles. The van der Waals surface area contributed by atoms with Crippen LogP contribution >= 0.6 is 0 Å². The molecule has 0 heterocycles. The fourth-order valence-corrected chi connectivity index (χ4v) is 2.46. The van der Waals surface area contributed by atoms with Gasteiger partial charge in [0.25, 0.3) is 0 Å². The van der Waals surface area contributed by atoms with E-state index in [2.05, 4.69) is 19.2 Å². The molecule has 0 aliphatic heterocycles. The summed E-state index contributed by atoms with van der Waals surface area (Å²) in [6.45, 7) is 6.41. The third-order valence-electron chi connectivity index (χ3n) is 3.71. The van der Waals surface area contributed by atoms with Crippen molar-refractivity contribution >= 4 is 0 Å². The average Bonchev–Trinajstić information content (AvgIpc) is 2.31. The maximum atomic E-state index is 13.2. The number of hydrogen-bond donors (Lipinski definition) is 1. The molecule has 1 aliphatic rings. The van der Waals surface area contributed by atoms with Crippen molar-refractivity contribution in [2.75, 3.05) is 13.1 Å². The van der Waals surface area contributed by atoms with Crippen molar-refractivity contribution in [2.45, 2.75) is 45.1 Å². The lowest BCUT2D eigenvalue weighted by Crippen LogP contribution is -2.45. The number of benzene rings is 1. The Morgan fingerprint density at radius 3 is 2.74 bits per heavy atom. The van der Waals surface area contributed by atoms with Gasteiger partial charge in [-0.15, -0.1) is 0 Å². The maximum absolute atomic E-state index is 13.2. The zero-order chi connectivity index (χ0) is 13.7. The zero-order valence-corrected chi connectivity index (χ0v) is 11.9. The molecule has 19 heavy (non-hydrogen) atoms. The molecular formula is C16H24FNO. The van der Waals surface area contributed by atoms with Crippen LogP contribution in [0.25, 0.3) is 0 Å². The largest absolute Gasteiger partial charge is 0.487 e. The molecule has 2 nitrogen and oxygen atoms in total. The fourth-order valence-electron chi connectivity index (χ4n) is 2.46. The monoisotopic (exact) mass is 265 g/mol. The Morgan fingerprint density at radius 2 is 2.16 bits per heavy atom. The summed E-state index contributed by atoms with van der Waals surface area (Å²) in [5, 5.41) is 3.45. The summed E-state index contributed by atoms with van der Waals surface area (Å²) in [5.41, 5.74) is -0.0717. The van der Waals surface area contributed by atoms with Crippen LogP contribution in [-0.2, 0) is 0 Å². The van der Waals surface area contributed by atoms with Gasteiger partial charge in [0.05, 0.1) is 0 Å². The molecule has 1 N–H and O–H groups in total. The van der Waals surface area contributed by atoms with Crippen molar-refractivity contribution in [3.63, 3.8) is 0 Å². The molecule has 1 fully saturated rings. The average molecular weight is 265 g/mol. The predicted molar refractivity (Wildman–Crippen MR) is 75.9 cm³/mol. The van der Waals surface area contributed by atoms with Gasteiger partial charge >= 0.3 is 0 Å². The van der Waals surface area contributed by atoms with Crippen LogP contribution in [0.4, 0.5) is 4.39 Å². The first-order valence-corrected chi connectivity index (χ1v) is 7.25. The Hall–Kier alpha value is -1.09. The molecule has 0 aromatic heterocycles.